The molecule has 0 aliphatic heterocycles. The van der Waals surface area contributed by atoms with Crippen LogP contribution in [0, 0.1) is 12.8 Å². The Morgan fingerprint density at radius 2 is 1.96 bits per heavy atom. The van der Waals surface area contributed by atoms with Gasteiger partial charge in [-0.1, -0.05) is 22.4 Å². The molecular weight excluding hydrogens is 411 g/mol. The van der Waals surface area contributed by atoms with E-state index in [1.807, 2.05) is 24.3 Å². The summed E-state index contributed by atoms with van der Waals surface area (Å²) in [7, 11) is 0. The van der Waals surface area contributed by atoms with Crippen LogP contribution in [-0.4, -0.2) is 27.9 Å². The highest BCUT2D eigenvalue weighted by Crippen LogP contribution is 2.37. The summed E-state index contributed by atoms with van der Waals surface area (Å²) in [6.45, 7) is 1.77. The van der Waals surface area contributed by atoms with Crippen molar-refractivity contribution in [3.63, 3.8) is 0 Å². The standard InChI is InChI=1S/C18H19BrF3N3O/c1-11-16(10-23-25(11)15-7-5-13(19)6-8-15)17(26)24-14-4-2-3-12(9-14)18(20,21)22/h5-8,10,12,14H,2-4,9H2,1H3,(H,24,26). The quantitative estimate of drug-likeness (QED) is 0.761. The van der Waals surface area contributed by atoms with Gasteiger partial charge in [0.15, 0.2) is 0 Å². The van der Waals surface area contributed by atoms with Crippen molar-refractivity contribution in [3.05, 3.63) is 46.2 Å². The first-order valence-electron chi connectivity index (χ1n) is 8.44. The number of benzene rings is 1. The van der Waals surface area contributed by atoms with E-state index < -0.39 is 18.1 Å². The summed E-state index contributed by atoms with van der Waals surface area (Å²) < 4.78 is 41.4. The molecule has 1 amide bonds. The molecule has 8 heteroatoms. The Kier molecular flexibility index (Phi) is 5.41. The van der Waals surface area contributed by atoms with E-state index in [-0.39, 0.29) is 18.7 Å². The normalized spacial score (nSPS) is 20.8. The lowest BCUT2D eigenvalue weighted by Crippen LogP contribution is -2.41. The molecule has 0 bridgehead atoms. The van der Waals surface area contributed by atoms with Crippen molar-refractivity contribution in [2.24, 2.45) is 5.92 Å². The summed E-state index contributed by atoms with van der Waals surface area (Å²) in [6, 6.07) is 7.01. The number of aromatic nitrogens is 2. The smallest absolute Gasteiger partial charge is 0.349 e. The van der Waals surface area contributed by atoms with Crippen LogP contribution in [0.2, 0.25) is 0 Å². The average Bonchev–Trinajstić information content (AvgIpc) is 2.97. The van der Waals surface area contributed by atoms with Crippen LogP contribution in [-0.2, 0) is 0 Å². The van der Waals surface area contributed by atoms with Crippen LogP contribution in [0.25, 0.3) is 5.69 Å². The van der Waals surface area contributed by atoms with Gasteiger partial charge in [0.25, 0.3) is 5.91 Å². The lowest BCUT2D eigenvalue weighted by atomic mass is 9.85. The second-order valence-corrected chi connectivity index (χ2v) is 7.52. The zero-order valence-electron chi connectivity index (χ0n) is 14.2. The predicted octanol–water partition coefficient (Wildman–Crippen LogP) is 4.79. The van der Waals surface area contributed by atoms with E-state index in [2.05, 4.69) is 26.3 Å². The summed E-state index contributed by atoms with van der Waals surface area (Å²) in [4.78, 5) is 12.5. The Hall–Kier alpha value is -1.83. The van der Waals surface area contributed by atoms with E-state index >= 15 is 0 Å². The third-order valence-corrected chi connectivity index (χ3v) is 5.33. The van der Waals surface area contributed by atoms with Gasteiger partial charge >= 0.3 is 6.18 Å². The average molecular weight is 430 g/mol. The molecule has 2 unspecified atom stereocenters. The lowest BCUT2D eigenvalue weighted by Gasteiger charge is -2.31. The van der Waals surface area contributed by atoms with Crippen molar-refractivity contribution in [2.45, 2.75) is 44.8 Å². The van der Waals surface area contributed by atoms with Crippen molar-refractivity contribution >= 4 is 21.8 Å². The number of halogens is 4. The molecule has 1 fully saturated rings. The Morgan fingerprint density at radius 1 is 1.27 bits per heavy atom. The minimum atomic E-state index is -4.20. The zero-order valence-corrected chi connectivity index (χ0v) is 15.8. The van der Waals surface area contributed by atoms with Crippen molar-refractivity contribution in [1.29, 1.82) is 0 Å². The van der Waals surface area contributed by atoms with Gasteiger partial charge in [0.2, 0.25) is 0 Å². The largest absolute Gasteiger partial charge is 0.391 e. The van der Waals surface area contributed by atoms with Gasteiger partial charge in [-0.3, -0.25) is 4.79 Å². The first-order valence-corrected chi connectivity index (χ1v) is 9.23. The first-order chi connectivity index (χ1) is 12.3. The van der Waals surface area contributed by atoms with Crippen LogP contribution < -0.4 is 5.32 Å². The van der Waals surface area contributed by atoms with Crippen molar-refractivity contribution in [1.82, 2.24) is 15.1 Å². The minimum Gasteiger partial charge on any atom is -0.349 e. The Labute approximate surface area is 157 Å². The summed E-state index contributed by atoms with van der Waals surface area (Å²) in [5.74, 6) is -1.72. The molecule has 3 rings (SSSR count). The Bertz CT molecular complexity index is 786. The van der Waals surface area contributed by atoms with Gasteiger partial charge in [0.05, 0.1) is 29.1 Å². The van der Waals surface area contributed by atoms with Gasteiger partial charge < -0.3 is 5.32 Å². The highest BCUT2D eigenvalue weighted by Gasteiger charge is 2.42. The first kappa shape index (κ1) is 18.9. The monoisotopic (exact) mass is 429 g/mol. The molecule has 26 heavy (non-hydrogen) atoms. The van der Waals surface area contributed by atoms with Gasteiger partial charge in [0, 0.05) is 10.5 Å². The number of hydrogen-bond acceptors (Lipinski definition) is 2. The van der Waals surface area contributed by atoms with Crippen LogP contribution in [0.4, 0.5) is 13.2 Å². The van der Waals surface area contributed by atoms with Gasteiger partial charge in [0.1, 0.15) is 0 Å². The molecule has 2 aromatic rings. The number of hydrogen-bond donors (Lipinski definition) is 1. The molecule has 1 aromatic carbocycles. The van der Waals surface area contributed by atoms with Crippen molar-refractivity contribution in [2.75, 3.05) is 0 Å². The van der Waals surface area contributed by atoms with Crippen LogP contribution in [0.5, 0.6) is 0 Å². The molecule has 0 spiro atoms. The van der Waals surface area contributed by atoms with Crippen molar-refractivity contribution in [3.8, 4) is 5.69 Å². The molecule has 1 aliphatic rings. The SMILES string of the molecule is Cc1c(C(=O)NC2CCCC(C(F)(F)F)C2)cnn1-c1ccc(Br)cc1. The second kappa shape index (κ2) is 7.42. The lowest BCUT2D eigenvalue weighted by molar-refractivity contribution is -0.183. The molecule has 1 aromatic heterocycles. The molecule has 0 radical (unpaired) electrons. The van der Waals surface area contributed by atoms with E-state index in [0.29, 0.717) is 24.1 Å². The van der Waals surface area contributed by atoms with Crippen LogP contribution in [0.3, 0.4) is 0 Å². The summed E-state index contributed by atoms with van der Waals surface area (Å²) in [5, 5.41) is 7.00. The van der Waals surface area contributed by atoms with Crippen molar-refractivity contribution < 1.29 is 18.0 Å². The number of nitrogens with one attached hydrogen (secondary N) is 1. The third kappa shape index (κ3) is 4.11. The van der Waals surface area contributed by atoms with Crippen LogP contribution in [0.1, 0.15) is 41.7 Å². The third-order valence-electron chi connectivity index (χ3n) is 4.80. The fourth-order valence-electron chi connectivity index (χ4n) is 3.36. The molecule has 0 saturated heterocycles. The van der Waals surface area contributed by atoms with Gasteiger partial charge in [-0.05, 0) is 50.5 Å². The van der Waals surface area contributed by atoms with E-state index in [4.69, 9.17) is 0 Å². The number of carbonyl (C=O) groups excluding carboxylic acids is 1. The highest BCUT2D eigenvalue weighted by molar-refractivity contribution is 9.10. The van der Waals surface area contributed by atoms with Gasteiger partial charge in [-0.2, -0.15) is 18.3 Å². The zero-order chi connectivity index (χ0) is 18.9. The molecule has 1 N–H and O–H groups in total. The number of nitrogens with zero attached hydrogens (tertiary/aromatic N) is 2. The highest BCUT2D eigenvalue weighted by atomic mass is 79.9. The molecule has 140 valence electrons. The predicted molar refractivity (Wildman–Crippen MR) is 95.3 cm³/mol. The maximum Gasteiger partial charge on any atom is 0.391 e. The summed E-state index contributed by atoms with van der Waals surface area (Å²) in [6.07, 6.45) is -1.64. The van der Waals surface area contributed by atoms with E-state index in [1.165, 1.54) is 6.20 Å². The van der Waals surface area contributed by atoms with E-state index in [1.54, 1.807) is 11.6 Å². The van der Waals surface area contributed by atoms with Gasteiger partial charge in [-0.15, -0.1) is 0 Å². The maximum absolute atomic E-state index is 12.9. The molecule has 1 aliphatic carbocycles. The van der Waals surface area contributed by atoms with Crippen LogP contribution in [0.15, 0.2) is 34.9 Å². The topological polar surface area (TPSA) is 46.9 Å². The number of alkyl halides is 3. The Balaban J connectivity index is 1.72. The molecule has 4 nitrogen and oxygen atoms in total. The Morgan fingerprint density at radius 3 is 2.62 bits per heavy atom. The summed E-state index contributed by atoms with van der Waals surface area (Å²) >= 11 is 3.37. The molecule has 2 atom stereocenters. The molecular formula is C18H19BrF3N3O. The molecule has 1 heterocycles. The maximum atomic E-state index is 12.9. The van der Waals surface area contributed by atoms with E-state index in [9.17, 15) is 18.0 Å². The number of amides is 1. The van der Waals surface area contributed by atoms with Gasteiger partial charge in [-0.25, -0.2) is 4.68 Å². The van der Waals surface area contributed by atoms with Crippen LogP contribution >= 0.6 is 15.9 Å². The fraction of sp³-hybridized carbons (Fsp3) is 0.444. The summed E-state index contributed by atoms with van der Waals surface area (Å²) in [5.41, 5.74) is 1.83. The minimum absolute atomic E-state index is 0.0604. The number of carbonyl (C=O) groups is 1. The second-order valence-electron chi connectivity index (χ2n) is 6.61. The fourth-order valence-corrected chi connectivity index (χ4v) is 3.62. The van der Waals surface area contributed by atoms with E-state index in [0.717, 1.165) is 10.2 Å². The molecule has 1 saturated carbocycles. The number of rotatable bonds is 3.